The van der Waals surface area contributed by atoms with E-state index in [4.69, 9.17) is 0 Å². The number of carbonyl (C=O) groups is 2. The van der Waals surface area contributed by atoms with Crippen LogP contribution >= 0.6 is 0 Å². The largest absolute Gasteiger partial charge is 0.354 e. The molecule has 1 aliphatic heterocycles. The Morgan fingerprint density at radius 3 is 2.82 bits per heavy atom. The lowest BCUT2D eigenvalue weighted by atomic mass is 10.1. The van der Waals surface area contributed by atoms with E-state index in [1.165, 1.54) is 0 Å². The van der Waals surface area contributed by atoms with Crippen molar-refractivity contribution in [2.75, 3.05) is 13.1 Å². The van der Waals surface area contributed by atoms with Crippen LogP contribution in [0.1, 0.15) is 39.5 Å². The Morgan fingerprint density at radius 1 is 1.47 bits per heavy atom. The first-order chi connectivity index (χ1) is 8.13. The summed E-state index contributed by atoms with van der Waals surface area (Å²) in [5, 5.41) is 8.75. The Labute approximate surface area is 103 Å². The van der Waals surface area contributed by atoms with E-state index in [1.807, 2.05) is 6.92 Å². The van der Waals surface area contributed by atoms with Crippen LogP contribution < -0.4 is 16.0 Å². The molecule has 0 aliphatic carbocycles. The summed E-state index contributed by atoms with van der Waals surface area (Å²) in [5.41, 5.74) is 0. The van der Waals surface area contributed by atoms with Gasteiger partial charge >= 0.3 is 0 Å². The smallest absolute Gasteiger partial charge is 0.242 e. The van der Waals surface area contributed by atoms with E-state index in [0.717, 1.165) is 25.8 Å². The Balaban J connectivity index is 2.22. The lowest BCUT2D eigenvalue weighted by Gasteiger charge is -2.15. The van der Waals surface area contributed by atoms with E-state index in [1.54, 1.807) is 6.92 Å². The van der Waals surface area contributed by atoms with Gasteiger partial charge in [0.2, 0.25) is 11.8 Å². The summed E-state index contributed by atoms with van der Waals surface area (Å²) < 4.78 is 0. The van der Waals surface area contributed by atoms with Gasteiger partial charge in [-0.05, 0) is 32.7 Å². The van der Waals surface area contributed by atoms with Crippen LogP contribution in [0.5, 0.6) is 0 Å². The molecule has 1 aliphatic rings. The minimum atomic E-state index is -0.449. The second-order valence-corrected chi connectivity index (χ2v) is 4.58. The number of hydrogen-bond donors (Lipinski definition) is 3. The van der Waals surface area contributed by atoms with Gasteiger partial charge in [-0.3, -0.25) is 9.59 Å². The normalized spacial score (nSPS) is 20.9. The molecule has 0 aromatic rings. The van der Waals surface area contributed by atoms with Crippen molar-refractivity contribution in [3.63, 3.8) is 0 Å². The van der Waals surface area contributed by atoms with Gasteiger partial charge in [0, 0.05) is 19.0 Å². The Morgan fingerprint density at radius 2 is 2.24 bits per heavy atom. The molecule has 2 amide bonds. The molecule has 1 fully saturated rings. The molecular formula is C12H23N3O2. The van der Waals surface area contributed by atoms with E-state index < -0.39 is 6.04 Å². The minimum Gasteiger partial charge on any atom is -0.354 e. The van der Waals surface area contributed by atoms with Gasteiger partial charge in [-0.2, -0.15) is 0 Å². The van der Waals surface area contributed by atoms with Crippen LogP contribution in [-0.4, -0.2) is 37.0 Å². The van der Waals surface area contributed by atoms with Crippen LogP contribution in [0.4, 0.5) is 0 Å². The van der Waals surface area contributed by atoms with Crippen LogP contribution in [0.25, 0.3) is 0 Å². The fraction of sp³-hybridized carbons (Fsp3) is 0.833. The molecule has 2 atom stereocenters. The average molecular weight is 241 g/mol. The van der Waals surface area contributed by atoms with Crippen LogP contribution in [0.3, 0.4) is 0 Å². The quantitative estimate of drug-likeness (QED) is 0.620. The summed E-state index contributed by atoms with van der Waals surface area (Å²) in [6.45, 7) is 5.36. The average Bonchev–Trinajstić information content (AvgIpc) is 2.78. The lowest BCUT2D eigenvalue weighted by molar-refractivity contribution is -0.128. The van der Waals surface area contributed by atoms with Crippen LogP contribution in [0.15, 0.2) is 0 Å². The molecule has 1 rings (SSSR count). The van der Waals surface area contributed by atoms with Gasteiger partial charge in [0.15, 0.2) is 0 Å². The minimum absolute atomic E-state index is 0.0523. The van der Waals surface area contributed by atoms with Gasteiger partial charge in [0.25, 0.3) is 0 Å². The first-order valence-electron chi connectivity index (χ1n) is 6.44. The van der Waals surface area contributed by atoms with Crippen molar-refractivity contribution in [2.45, 2.75) is 51.6 Å². The van der Waals surface area contributed by atoms with Crippen molar-refractivity contribution in [1.29, 1.82) is 0 Å². The summed E-state index contributed by atoms with van der Waals surface area (Å²) in [6, 6.07) is -0.170. The number of nitrogens with one attached hydrogen (secondary N) is 3. The SMILES string of the molecule is CCCNC(=O)C(C)NC(=O)CC1CCCN1. The van der Waals surface area contributed by atoms with Gasteiger partial charge in [-0.1, -0.05) is 6.92 Å². The first-order valence-corrected chi connectivity index (χ1v) is 6.44. The zero-order valence-corrected chi connectivity index (χ0v) is 10.7. The van der Waals surface area contributed by atoms with Gasteiger partial charge in [-0.25, -0.2) is 0 Å². The molecule has 0 radical (unpaired) electrons. The summed E-state index contributed by atoms with van der Waals surface area (Å²) in [5.74, 6) is -0.164. The molecule has 5 heteroatoms. The van der Waals surface area contributed by atoms with Crippen LogP contribution in [0, 0.1) is 0 Å². The summed E-state index contributed by atoms with van der Waals surface area (Å²) >= 11 is 0. The molecule has 5 nitrogen and oxygen atoms in total. The molecule has 1 saturated heterocycles. The number of rotatable bonds is 6. The highest BCUT2D eigenvalue weighted by Gasteiger charge is 2.20. The molecule has 3 N–H and O–H groups in total. The molecule has 0 bridgehead atoms. The van der Waals surface area contributed by atoms with Crippen LogP contribution in [-0.2, 0) is 9.59 Å². The molecule has 0 saturated carbocycles. The molecule has 1 heterocycles. The zero-order chi connectivity index (χ0) is 12.7. The van der Waals surface area contributed by atoms with Crippen molar-refractivity contribution in [3.8, 4) is 0 Å². The third-order valence-electron chi connectivity index (χ3n) is 2.91. The van der Waals surface area contributed by atoms with Crippen molar-refractivity contribution in [3.05, 3.63) is 0 Å². The summed E-state index contributed by atoms with van der Waals surface area (Å²) in [6.07, 6.45) is 3.54. The monoisotopic (exact) mass is 241 g/mol. The fourth-order valence-corrected chi connectivity index (χ4v) is 1.92. The molecular weight excluding hydrogens is 218 g/mol. The second-order valence-electron chi connectivity index (χ2n) is 4.58. The Bertz CT molecular complexity index is 262. The standard InChI is InChI=1S/C12H23N3O2/c1-3-6-14-12(17)9(2)15-11(16)8-10-5-4-7-13-10/h9-10,13H,3-8H2,1-2H3,(H,14,17)(H,15,16). The van der Waals surface area contributed by atoms with E-state index in [-0.39, 0.29) is 17.9 Å². The maximum atomic E-state index is 11.7. The Kier molecular flexibility index (Phi) is 5.97. The van der Waals surface area contributed by atoms with E-state index in [2.05, 4.69) is 16.0 Å². The van der Waals surface area contributed by atoms with Gasteiger partial charge in [0.1, 0.15) is 6.04 Å². The van der Waals surface area contributed by atoms with Crippen molar-refractivity contribution in [1.82, 2.24) is 16.0 Å². The molecule has 98 valence electrons. The third kappa shape index (κ3) is 5.17. The van der Waals surface area contributed by atoms with Gasteiger partial charge < -0.3 is 16.0 Å². The maximum Gasteiger partial charge on any atom is 0.242 e. The molecule has 0 spiro atoms. The van der Waals surface area contributed by atoms with Crippen molar-refractivity contribution in [2.24, 2.45) is 0 Å². The second kappa shape index (κ2) is 7.27. The van der Waals surface area contributed by atoms with Crippen molar-refractivity contribution >= 4 is 11.8 Å². The van der Waals surface area contributed by atoms with Gasteiger partial charge in [-0.15, -0.1) is 0 Å². The highest BCUT2D eigenvalue weighted by Crippen LogP contribution is 2.08. The number of hydrogen-bond acceptors (Lipinski definition) is 3. The maximum absolute atomic E-state index is 11.7. The molecule has 0 aromatic heterocycles. The lowest BCUT2D eigenvalue weighted by Crippen LogP contribution is -2.46. The van der Waals surface area contributed by atoms with Crippen molar-refractivity contribution < 1.29 is 9.59 Å². The number of amides is 2. The molecule has 0 aromatic carbocycles. The predicted octanol–water partition coefficient (Wildman–Crippen LogP) is 0.159. The summed E-state index contributed by atoms with van der Waals surface area (Å²) in [4.78, 5) is 23.2. The summed E-state index contributed by atoms with van der Waals surface area (Å²) in [7, 11) is 0. The van der Waals surface area contributed by atoms with Gasteiger partial charge in [0.05, 0.1) is 0 Å². The van der Waals surface area contributed by atoms with Crippen LogP contribution in [0.2, 0.25) is 0 Å². The van der Waals surface area contributed by atoms with E-state index in [0.29, 0.717) is 13.0 Å². The first kappa shape index (κ1) is 14.0. The fourth-order valence-electron chi connectivity index (χ4n) is 1.92. The molecule has 2 unspecified atom stereocenters. The highest BCUT2D eigenvalue weighted by atomic mass is 16.2. The predicted molar refractivity (Wildman–Crippen MR) is 66.5 cm³/mol. The number of carbonyl (C=O) groups excluding carboxylic acids is 2. The molecule has 17 heavy (non-hydrogen) atoms. The highest BCUT2D eigenvalue weighted by molar-refractivity contribution is 5.87. The third-order valence-corrected chi connectivity index (χ3v) is 2.91. The van der Waals surface area contributed by atoms with E-state index >= 15 is 0 Å². The zero-order valence-electron chi connectivity index (χ0n) is 10.7. The topological polar surface area (TPSA) is 70.2 Å². The Hall–Kier alpha value is -1.10. The van der Waals surface area contributed by atoms with E-state index in [9.17, 15) is 9.59 Å².